The van der Waals surface area contributed by atoms with Crippen LogP contribution in [-0.2, 0) is 0 Å². The van der Waals surface area contributed by atoms with Gasteiger partial charge in [0.2, 0.25) is 0 Å². The van der Waals surface area contributed by atoms with Crippen LogP contribution in [0.3, 0.4) is 0 Å². The Hall–Kier alpha value is -3.73. The molecule has 0 radical (unpaired) electrons. The van der Waals surface area contributed by atoms with Gasteiger partial charge in [0.25, 0.3) is 0 Å². The van der Waals surface area contributed by atoms with Crippen molar-refractivity contribution in [3.63, 3.8) is 0 Å². The van der Waals surface area contributed by atoms with E-state index < -0.39 is 0 Å². The first-order valence-electron chi connectivity index (χ1n) is 8.77. The summed E-state index contributed by atoms with van der Waals surface area (Å²) in [6.07, 6.45) is 0.808. The number of methoxy groups -OCH3 is 2. The molecule has 0 saturated heterocycles. The number of rotatable bonds is 5. The van der Waals surface area contributed by atoms with Crippen LogP contribution < -0.4 is 9.47 Å². The number of aromatic nitrogens is 2. The van der Waals surface area contributed by atoms with E-state index in [1.54, 1.807) is 26.4 Å². The van der Waals surface area contributed by atoms with Gasteiger partial charge in [-0.1, -0.05) is 24.3 Å². The molecule has 0 atom stereocenters. The molecular weight excluding hydrogens is 352 g/mol. The lowest BCUT2D eigenvalue weighted by molar-refractivity contribution is 0.112. The molecule has 0 fully saturated rings. The zero-order chi connectivity index (χ0) is 19.5. The molecule has 0 bridgehead atoms. The Morgan fingerprint density at radius 1 is 0.714 bits per heavy atom. The van der Waals surface area contributed by atoms with Gasteiger partial charge in [-0.2, -0.15) is 0 Å². The quantitative estimate of drug-likeness (QED) is 0.473. The Labute approximate surface area is 162 Å². The molecule has 0 spiro atoms. The SMILES string of the molecule is COc1cccc(-c2nc3ccc(C=O)cc3nc2-c2cccc(OC)c2)c1. The summed E-state index contributed by atoms with van der Waals surface area (Å²) in [4.78, 5) is 20.9. The normalized spacial score (nSPS) is 10.6. The highest BCUT2D eigenvalue weighted by atomic mass is 16.5. The number of nitrogens with zero attached hydrogens (tertiary/aromatic N) is 2. The summed E-state index contributed by atoms with van der Waals surface area (Å²) >= 11 is 0. The van der Waals surface area contributed by atoms with Crippen LogP contribution >= 0.6 is 0 Å². The van der Waals surface area contributed by atoms with E-state index in [1.807, 2.05) is 54.6 Å². The predicted octanol–water partition coefficient (Wildman–Crippen LogP) is 4.79. The van der Waals surface area contributed by atoms with Crippen LogP contribution in [-0.4, -0.2) is 30.5 Å². The smallest absolute Gasteiger partial charge is 0.150 e. The number of hydrogen-bond donors (Lipinski definition) is 0. The molecule has 0 N–H and O–H groups in total. The predicted molar refractivity (Wildman–Crippen MR) is 109 cm³/mol. The number of hydrogen-bond acceptors (Lipinski definition) is 5. The average molecular weight is 370 g/mol. The highest BCUT2D eigenvalue weighted by molar-refractivity contribution is 5.89. The highest BCUT2D eigenvalue weighted by Gasteiger charge is 2.15. The largest absolute Gasteiger partial charge is 0.497 e. The number of carbonyl (C=O) groups excluding carboxylic acids is 1. The van der Waals surface area contributed by atoms with Crippen LogP contribution in [0.4, 0.5) is 0 Å². The van der Waals surface area contributed by atoms with Crippen LogP contribution in [0.5, 0.6) is 11.5 Å². The molecule has 138 valence electrons. The molecule has 5 heteroatoms. The Morgan fingerprint density at radius 2 is 1.29 bits per heavy atom. The van der Waals surface area contributed by atoms with Crippen molar-refractivity contribution in [2.24, 2.45) is 0 Å². The molecule has 4 rings (SSSR count). The monoisotopic (exact) mass is 370 g/mol. The molecule has 28 heavy (non-hydrogen) atoms. The lowest BCUT2D eigenvalue weighted by Gasteiger charge is -2.12. The fraction of sp³-hybridized carbons (Fsp3) is 0.0870. The van der Waals surface area contributed by atoms with Gasteiger partial charge < -0.3 is 9.47 Å². The maximum atomic E-state index is 11.2. The van der Waals surface area contributed by atoms with E-state index in [1.165, 1.54) is 0 Å². The van der Waals surface area contributed by atoms with Gasteiger partial charge in [0, 0.05) is 16.7 Å². The zero-order valence-electron chi connectivity index (χ0n) is 15.5. The van der Waals surface area contributed by atoms with Crippen LogP contribution in [0.1, 0.15) is 10.4 Å². The molecule has 1 aromatic heterocycles. The van der Waals surface area contributed by atoms with E-state index in [0.717, 1.165) is 40.1 Å². The minimum Gasteiger partial charge on any atom is -0.497 e. The van der Waals surface area contributed by atoms with Gasteiger partial charge in [-0.15, -0.1) is 0 Å². The highest BCUT2D eigenvalue weighted by Crippen LogP contribution is 2.34. The van der Waals surface area contributed by atoms with Crippen molar-refractivity contribution in [3.8, 4) is 34.0 Å². The molecule has 4 aromatic rings. The van der Waals surface area contributed by atoms with Crippen molar-refractivity contribution in [3.05, 3.63) is 72.3 Å². The summed E-state index contributed by atoms with van der Waals surface area (Å²) in [5.74, 6) is 1.48. The first kappa shape index (κ1) is 17.7. The minimum atomic E-state index is 0.563. The van der Waals surface area contributed by atoms with Crippen molar-refractivity contribution in [1.29, 1.82) is 0 Å². The second-order valence-corrected chi connectivity index (χ2v) is 6.25. The van der Waals surface area contributed by atoms with Crippen molar-refractivity contribution >= 4 is 17.3 Å². The summed E-state index contributed by atoms with van der Waals surface area (Å²) in [7, 11) is 3.26. The molecule has 0 aliphatic rings. The Morgan fingerprint density at radius 3 is 1.82 bits per heavy atom. The van der Waals surface area contributed by atoms with Crippen molar-refractivity contribution < 1.29 is 14.3 Å². The molecule has 5 nitrogen and oxygen atoms in total. The summed E-state index contributed by atoms with van der Waals surface area (Å²) < 4.78 is 10.7. The van der Waals surface area contributed by atoms with E-state index in [2.05, 4.69) is 0 Å². The first-order valence-corrected chi connectivity index (χ1v) is 8.77. The van der Waals surface area contributed by atoms with Gasteiger partial charge in [0.05, 0.1) is 36.6 Å². The summed E-state index contributed by atoms with van der Waals surface area (Å²) in [5.41, 5.74) is 5.16. The van der Waals surface area contributed by atoms with Crippen LogP contribution in [0.25, 0.3) is 33.5 Å². The van der Waals surface area contributed by atoms with Gasteiger partial charge in [-0.25, -0.2) is 9.97 Å². The van der Waals surface area contributed by atoms with Crippen LogP contribution in [0.15, 0.2) is 66.7 Å². The summed E-state index contributed by atoms with van der Waals surface area (Å²) in [6, 6.07) is 20.7. The molecule has 0 amide bonds. The maximum Gasteiger partial charge on any atom is 0.150 e. The molecule has 0 aliphatic carbocycles. The van der Waals surface area contributed by atoms with E-state index in [-0.39, 0.29) is 0 Å². The molecule has 3 aromatic carbocycles. The molecule has 1 heterocycles. The number of carbonyl (C=O) groups is 1. The fourth-order valence-electron chi connectivity index (χ4n) is 3.09. The standard InChI is InChI=1S/C23H18N2O3/c1-27-18-7-3-5-16(12-18)22-23(17-6-4-8-19(13-17)28-2)25-21-11-15(14-26)9-10-20(21)24-22/h3-14H,1-2H3. The van der Waals surface area contributed by atoms with Gasteiger partial charge in [-0.3, -0.25) is 4.79 Å². The van der Waals surface area contributed by atoms with Crippen LogP contribution in [0.2, 0.25) is 0 Å². The average Bonchev–Trinajstić information content (AvgIpc) is 2.77. The Balaban J connectivity index is 2.01. The van der Waals surface area contributed by atoms with Crippen molar-refractivity contribution in [1.82, 2.24) is 9.97 Å². The van der Waals surface area contributed by atoms with Gasteiger partial charge in [0.15, 0.2) is 0 Å². The third kappa shape index (κ3) is 3.30. The second kappa shape index (κ2) is 7.48. The van der Waals surface area contributed by atoms with Gasteiger partial charge in [0.1, 0.15) is 17.8 Å². The van der Waals surface area contributed by atoms with Gasteiger partial charge in [-0.05, 0) is 42.5 Å². The third-order valence-electron chi connectivity index (χ3n) is 4.51. The number of benzene rings is 3. The fourth-order valence-corrected chi connectivity index (χ4v) is 3.09. The van der Waals surface area contributed by atoms with E-state index in [4.69, 9.17) is 19.4 Å². The number of ether oxygens (including phenoxy) is 2. The molecule has 0 unspecified atom stereocenters. The number of fused-ring (bicyclic) bond motifs is 1. The van der Waals surface area contributed by atoms with E-state index >= 15 is 0 Å². The molecule has 0 aliphatic heterocycles. The lowest BCUT2D eigenvalue weighted by Crippen LogP contribution is -1.97. The summed E-state index contributed by atoms with van der Waals surface area (Å²) in [5, 5.41) is 0. The Bertz CT molecular complexity index is 1170. The zero-order valence-corrected chi connectivity index (χ0v) is 15.5. The van der Waals surface area contributed by atoms with Gasteiger partial charge >= 0.3 is 0 Å². The van der Waals surface area contributed by atoms with Crippen molar-refractivity contribution in [2.45, 2.75) is 0 Å². The summed E-state index contributed by atoms with van der Waals surface area (Å²) in [6.45, 7) is 0. The molecule has 0 saturated carbocycles. The third-order valence-corrected chi connectivity index (χ3v) is 4.51. The maximum absolute atomic E-state index is 11.2. The van der Waals surface area contributed by atoms with E-state index in [0.29, 0.717) is 16.8 Å². The minimum absolute atomic E-state index is 0.563. The number of aldehydes is 1. The lowest BCUT2D eigenvalue weighted by atomic mass is 10.0. The molecular formula is C23H18N2O3. The van der Waals surface area contributed by atoms with E-state index in [9.17, 15) is 4.79 Å². The van der Waals surface area contributed by atoms with Crippen LogP contribution in [0, 0.1) is 0 Å². The first-order chi connectivity index (χ1) is 13.7. The second-order valence-electron chi connectivity index (χ2n) is 6.25. The van der Waals surface area contributed by atoms with Crippen molar-refractivity contribution in [2.75, 3.05) is 14.2 Å². The topological polar surface area (TPSA) is 61.3 Å². The Kier molecular flexibility index (Phi) is 4.72.